The lowest BCUT2D eigenvalue weighted by molar-refractivity contribution is 0.0939. The van der Waals surface area contributed by atoms with Crippen LogP contribution in [0.15, 0.2) is 48.8 Å². The molecule has 2 rings (SSSR count). The molecular weight excluding hydrogens is 238 g/mol. The first-order chi connectivity index (χ1) is 9.20. The lowest BCUT2D eigenvalue weighted by Crippen LogP contribution is -2.26. The first-order valence-electron chi connectivity index (χ1n) is 5.91. The molecule has 1 N–H and O–H groups in total. The van der Waals surface area contributed by atoms with E-state index < -0.39 is 0 Å². The van der Waals surface area contributed by atoms with Crippen molar-refractivity contribution in [2.24, 2.45) is 0 Å². The molecule has 4 nitrogen and oxygen atoms in total. The molecular formula is C15H13N3O. The van der Waals surface area contributed by atoms with Crippen molar-refractivity contribution in [3.8, 4) is 6.07 Å². The molecule has 4 heteroatoms. The summed E-state index contributed by atoms with van der Waals surface area (Å²) < 4.78 is 0. The van der Waals surface area contributed by atoms with Crippen molar-refractivity contribution < 1.29 is 4.79 Å². The Hall–Kier alpha value is -2.67. The van der Waals surface area contributed by atoms with Gasteiger partial charge in [0.25, 0.3) is 5.91 Å². The molecule has 0 saturated heterocycles. The van der Waals surface area contributed by atoms with Crippen LogP contribution < -0.4 is 5.32 Å². The normalized spacial score (nSPS) is 11.4. The minimum atomic E-state index is -0.162. The number of rotatable bonds is 3. The lowest BCUT2D eigenvalue weighted by Gasteiger charge is -2.14. The van der Waals surface area contributed by atoms with Gasteiger partial charge in [-0.05, 0) is 36.8 Å². The number of hydrogen-bond acceptors (Lipinski definition) is 3. The van der Waals surface area contributed by atoms with Crippen LogP contribution in [0.2, 0.25) is 0 Å². The van der Waals surface area contributed by atoms with Gasteiger partial charge < -0.3 is 5.32 Å². The molecule has 0 aliphatic rings. The molecule has 1 aromatic heterocycles. The smallest absolute Gasteiger partial charge is 0.253 e. The van der Waals surface area contributed by atoms with E-state index in [-0.39, 0.29) is 11.9 Å². The van der Waals surface area contributed by atoms with Crippen molar-refractivity contribution in [1.82, 2.24) is 10.3 Å². The predicted octanol–water partition coefficient (Wildman–Crippen LogP) is 2.44. The van der Waals surface area contributed by atoms with Gasteiger partial charge in [0.2, 0.25) is 0 Å². The Balaban J connectivity index is 2.06. The standard InChI is InChI=1S/C15H13N3O/c1-11(13-6-4-12(9-16)5-7-13)18-15(19)14-3-2-8-17-10-14/h2-8,10-11H,1H3,(H,18,19). The fourth-order valence-corrected chi connectivity index (χ4v) is 1.71. The second-order valence-electron chi connectivity index (χ2n) is 4.17. The first kappa shape index (κ1) is 12.8. The van der Waals surface area contributed by atoms with Gasteiger partial charge in [0, 0.05) is 12.4 Å². The molecule has 1 atom stereocenters. The fourth-order valence-electron chi connectivity index (χ4n) is 1.71. The molecule has 0 radical (unpaired) electrons. The maximum absolute atomic E-state index is 11.9. The van der Waals surface area contributed by atoms with Crippen LogP contribution in [0.4, 0.5) is 0 Å². The number of pyridine rings is 1. The summed E-state index contributed by atoms with van der Waals surface area (Å²) in [5.41, 5.74) is 2.09. The van der Waals surface area contributed by atoms with E-state index in [0.29, 0.717) is 11.1 Å². The third-order valence-electron chi connectivity index (χ3n) is 2.81. The molecule has 19 heavy (non-hydrogen) atoms. The topological polar surface area (TPSA) is 65.8 Å². The largest absolute Gasteiger partial charge is 0.345 e. The Kier molecular flexibility index (Phi) is 3.89. The number of benzene rings is 1. The zero-order chi connectivity index (χ0) is 13.7. The Morgan fingerprint density at radius 1 is 1.32 bits per heavy atom. The van der Waals surface area contributed by atoms with Crippen molar-refractivity contribution in [2.75, 3.05) is 0 Å². The van der Waals surface area contributed by atoms with E-state index in [1.807, 2.05) is 19.1 Å². The van der Waals surface area contributed by atoms with E-state index in [0.717, 1.165) is 5.56 Å². The molecule has 1 amide bonds. The van der Waals surface area contributed by atoms with E-state index in [1.54, 1.807) is 30.5 Å². The highest BCUT2D eigenvalue weighted by Crippen LogP contribution is 2.13. The van der Waals surface area contributed by atoms with Gasteiger partial charge in [0.1, 0.15) is 0 Å². The van der Waals surface area contributed by atoms with Gasteiger partial charge in [-0.25, -0.2) is 0 Å². The number of nitriles is 1. The van der Waals surface area contributed by atoms with Crippen LogP contribution >= 0.6 is 0 Å². The molecule has 0 saturated carbocycles. The maximum atomic E-state index is 11.9. The Morgan fingerprint density at radius 3 is 2.63 bits per heavy atom. The summed E-state index contributed by atoms with van der Waals surface area (Å²) >= 11 is 0. The molecule has 0 spiro atoms. The van der Waals surface area contributed by atoms with Crippen molar-refractivity contribution in [2.45, 2.75) is 13.0 Å². The highest BCUT2D eigenvalue weighted by molar-refractivity contribution is 5.94. The first-order valence-corrected chi connectivity index (χ1v) is 5.91. The van der Waals surface area contributed by atoms with Crippen LogP contribution in [0.1, 0.15) is 34.5 Å². The van der Waals surface area contributed by atoms with Gasteiger partial charge in [-0.3, -0.25) is 9.78 Å². The van der Waals surface area contributed by atoms with Crippen molar-refractivity contribution >= 4 is 5.91 Å². The molecule has 0 fully saturated rings. The summed E-state index contributed by atoms with van der Waals surface area (Å²) in [7, 11) is 0. The van der Waals surface area contributed by atoms with Crippen LogP contribution in [0.25, 0.3) is 0 Å². The third kappa shape index (κ3) is 3.17. The minimum absolute atomic E-state index is 0.125. The summed E-state index contributed by atoms with van der Waals surface area (Å²) in [6.45, 7) is 1.90. The van der Waals surface area contributed by atoms with E-state index in [9.17, 15) is 4.79 Å². The SMILES string of the molecule is CC(NC(=O)c1cccnc1)c1ccc(C#N)cc1. The van der Waals surface area contributed by atoms with Gasteiger partial charge in [-0.2, -0.15) is 5.26 Å². The monoisotopic (exact) mass is 251 g/mol. The van der Waals surface area contributed by atoms with Crippen molar-refractivity contribution in [3.05, 3.63) is 65.5 Å². The molecule has 1 unspecified atom stereocenters. The molecule has 1 heterocycles. The van der Waals surface area contributed by atoms with Gasteiger partial charge in [0.05, 0.1) is 23.2 Å². The van der Waals surface area contributed by atoms with E-state index in [1.165, 1.54) is 6.20 Å². The molecule has 0 aliphatic carbocycles. The quantitative estimate of drug-likeness (QED) is 0.911. The number of carbonyl (C=O) groups is 1. The Bertz CT molecular complexity index is 600. The molecule has 94 valence electrons. The number of nitrogens with one attached hydrogen (secondary N) is 1. The van der Waals surface area contributed by atoms with Gasteiger partial charge in [-0.15, -0.1) is 0 Å². The van der Waals surface area contributed by atoms with Crippen LogP contribution in [0.3, 0.4) is 0 Å². The van der Waals surface area contributed by atoms with Gasteiger partial charge in [0.15, 0.2) is 0 Å². The molecule has 2 aromatic rings. The zero-order valence-electron chi connectivity index (χ0n) is 10.5. The minimum Gasteiger partial charge on any atom is -0.345 e. The number of carbonyl (C=O) groups excluding carboxylic acids is 1. The highest BCUT2D eigenvalue weighted by atomic mass is 16.1. The molecule has 1 aromatic carbocycles. The summed E-state index contributed by atoms with van der Waals surface area (Å²) in [5, 5.41) is 11.6. The summed E-state index contributed by atoms with van der Waals surface area (Å²) in [4.78, 5) is 15.9. The van der Waals surface area contributed by atoms with Crippen molar-refractivity contribution in [1.29, 1.82) is 5.26 Å². The van der Waals surface area contributed by atoms with Crippen molar-refractivity contribution in [3.63, 3.8) is 0 Å². The van der Waals surface area contributed by atoms with Crippen LogP contribution in [0, 0.1) is 11.3 Å². The average molecular weight is 251 g/mol. The summed E-state index contributed by atoms with van der Waals surface area (Å²) in [5.74, 6) is -0.162. The zero-order valence-corrected chi connectivity index (χ0v) is 10.5. The summed E-state index contributed by atoms with van der Waals surface area (Å²) in [6, 6.07) is 12.5. The van der Waals surface area contributed by atoms with Crippen LogP contribution in [0.5, 0.6) is 0 Å². The lowest BCUT2D eigenvalue weighted by atomic mass is 10.1. The number of hydrogen-bond donors (Lipinski definition) is 1. The fraction of sp³-hybridized carbons (Fsp3) is 0.133. The van der Waals surface area contributed by atoms with E-state index >= 15 is 0 Å². The molecule has 0 bridgehead atoms. The van der Waals surface area contributed by atoms with Gasteiger partial charge in [-0.1, -0.05) is 12.1 Å². The Labute approximate surface area is 111 Å². The van der Waals surface area contributed by atoms with E-state index in [2.05, 4.69) is 16.4 Å². The maximum Gasteiger partial charge on any atom is 0.253 e. The Morgan fingerprint density at radius 2 is 2.05 bits per heavy atom. The second-order valence-corrected chi connectivity index (χ2v) is 4.17. The van der Waals surface area contributed by atoms with E-state index in [4.69, 9.17) is 5.26 Å². The third-order valence-corrected chi connectivity index (χ3v) is 2.81. The number of aromatic nitrogens is 1. The second kappa shape index (κ2) is 5.78. The highest BCUT2D eigenvalue weighted by Gasteiger charge is 2.11. The number of amides is 1. The predicted molar refractivity (Wildman–Crippen MR) is 71.3 cm³/mol. The molecule has 0 aliphatic heterocycles. The van der Waals surface area contributed by atoms with Crippen LogP contribution in [-0.2, 0) is 0 Å². The van der Waals surface area contributed by atoms with Crippen LogP contribution in [-0.4, -0.2) is 10.9 Å². The average Bonchev–Trinajstić information content (AvgIpc) is 2.48. The number of nitrogens with zero attached hydrogens (tertiary/aromatic N) is 2. The summed E-state index contributed by atoms with van der Waals surface area (Å²) in [6.07, 6.45) is 3.15. The van der Waals surface area contributed by atoms with Gasteiger partial charge >= 0.3 is 0 Å².